The van der Waals surface area contributed by atoms with Gasteiger partial charge in [-0.3, -0.25) is 9.59 Å². The molecule has 4 nitrogen and oxygen atoms in total. The van der Waals surface area contributed by atoms with Crippen molar-refractivity contribution in [1.82, 2.24) is 5.32 Å². The maximum absolute atomic E-state index is 13.7. The van der Waals surface area contributed by atoms with Gasteiger partial charge in [0.15, 0.2) is 0 Å². The molecule has 1 atom stereocenters. The van der Waals surface area contributed by atoms with Crippen molar-refractivity contribution in [3.05, 3.63) is 34.1 Å². The number of carbonyl (C=O) groups excluding carboxylic acids is 1. The molecule has 0 saturated heterocycles. The molecule has 0 bridgehead atoms. The zero-order chi connectivity index (χ0) is 15.8. The quantitative estimate of drug-likeness (QED) is 0.745. The van der Waals surface area contributed by atoms with E-state index in [1.165, 1.54) is 12.1 Å². The molecule has 0 aliphatic rings. The summed E-state index contributed by atoms with van der Waals surface area (Å²) in [5.74, 6) is -1.60. The van der Waals surface area contributed by atoms with Crippen molar-refractivity contribution < 1.29 is 19.1 Å². The molecule has 0 radical (unpaired) electrons. The molecule has 21 heavy (non-hydrogen) atoms. The van der Waals surface area contributed by atoms with Crippen molar-refractivity contribution in [1.29, 1.82) is 0 Å². The van der Waals surface area contributed by atoms with Crippen LogP contribution in [0.5, 0.6) is 0 Å². The summed E-state index contributed by atoms with van der Waals surface area (Å²) in [6.07, 6.45) is 2.26. The largest absolute Gasteiger partial charge is 0.481 e. The van der Waals surface area contributed by atoms with E-state index in [0.717, 1.165) is 6.42 Å². The SMILES string of the molecule is CCC(CCNC(=O)c1cccc(Br)c1F)CCC(=O)O. The summed E-state index contributed by atoms with van der Waals surface area (Å²) in [5, 5.41) is 11.3. The van der Waals surface area contributed by atoms with Gasteiger partial charge in [-0.25, -0.2) is 4.39 Å². The summed E-state index contributed by atoms with van der Waals surface area (Å²) >= 11 is 3.04. The Labute approximate surface area is 131 Å². The van der Waals surface area contributed by atoms with Gasteiger partial charge in [-0.05, 0) is 46.8 Å². The van der Waals surface area contributed by atoms with Crippen LogP contribution < -0.4 is 5.32 Å². The van der Waals surface area contributed by atoms with Crippen molar-refractivity contribution in [3.63, 3.8) is 0 Å². The highest BCUT2D eigenvalue weighted by Gasteiger charge is 2.14. The van der Waals surface area contributed by atoms with Gasteiger partial charge in [0.1, 0.15) is 5.82 Å². The monoisotopic (exact) mass is 359 g/mol. The Hall–Kier alpha value is -1.43. The number of carboxylic acid groups (broad SMARTS) is 1. The van der Waals surface area contributed by atoms with Crippen molar-refractivity contribution in [2.45, 2.75) is 32.6 Å². The van der Waals surface area contributed by atoms with Crippen LogP contribution in [-0.2, 0) is 4.79 Å². The van der Waals surface area contributed by atoms with E-state index < -0.39 is 17.7 Å². The molecule has 0 spiro atoms. The van der Waals surface area contributed by atoms with Gasteiger partial charge in [0, 0.05) is 13.0 Å². The van der Waals surface area contributed by atoms with Crippen LogP contribution in [-0.4, -0.2) is 23.5 Å². The van der Waals surface area contributed by atoms with E-state index in [1.54, 1.807) is 6.07 Å². The molecule has 1 rings (SSSR count). The first-order chi connectivity index (χ1) is 9.95. The molecule has 116 valence electrons. The molecule has 0 aliphatic carbocycles. The van der Waals surface area contributed by atoms with Crippen LogP contribution in [0.2, 0.25) is 0 Å². The molecular formula is C15H19BrFNO3. The highest BCUT2D eigenvalue weighted by atomic mass is 79.9. The van der Waals surface area contributed by atoms with E-state index in [2.05, 4.69) is 21.2 Å². The number of halogens is 2. The Bertz CT molecular complexity index is 508. The Morgan fingerprint density at radius 1 is 1.38 bits per heavy atom. The lowest BCUT2D eigenvalue weighted by Gasteiger charge is -2.14. The molecule has 1 unspecified atom stereocenters. The average molecular weight is 360 g/mol. The first-order valence-electron chi connectivity index (χ1n) is 6.89. The maximum atomic E-state index is 13.7. The smallest absolute Gasteiger partial charge is 0.303 e. The molecule has 1 amide bonds. The van der Waals surface area contributed by atoms with Gasteiger partial charge in [-0.1, -0.05) is 19.4 Å². The van der Waals surface area contributed by atoms with Crippen molar-refractivity contribution in [2.24, 2.45) is 5.92 Å². The Balaban J connectivity index is 2.45. The fraction of sp³-hybridized carbons (Fsp3) is 0.467. The third-order valence-electron chi connectivity index (χ3n) is 3.38. The summed E-state index contributed by atoms with van der Waals surface area (Å²) in [7, 11) is 0. The number of hydrogen-bond acceptors (Lipinski definition) is 2. The van der Waals surface area contributed by atoms with Crippen LogP contribution in [0.1, 0.15) is 43.0 Å². The van der Waals surface area contributed by atoms with E-state index in [0.29, 0.717) is 19.4 Å². The minimum Gasteiger partial charge on any atom is -0.481 e. The summed E-state index contributed by atoms with van der Waals surface area (Å²) < 4.78 is 14.0. The fourth-order valence-electron chi connectivity index (χ4n) is 2.04. The molecular weight excluding hydrogens is 341 g/mol. The van der Waals surface area contributed by atoms with Crippen LogP contribution in [0, 0.1) is 11.7 Å². The summed E-state index contributed by atoms with van der Waals surface area (Å²) in [4.78, 5) is 22.4. The van der Waals surface area contributed by atoms with Crippen LogP contribution in [0.3, 0.4) is 0 Å². The standard InChI is InChI=1S/C15H19BrFNO3/c1-2-10(6-7-13(19)20)8-9-18-15(21)11-4-3-5-12(16)14(11)17/h3-5,10H,2,6-9H2,1H3,(H,18,21)(H,19,20). The van der Waals surface area contributed by atoms with Gasteiger partial charge in [-0.2, -0.15) is 0 Å². The summed E-state index contributed by atoms with van der Waals surface area (Å²) in [5.41, 5.74) is 0.00274. The second-order valence-corrected chi connectivity index (χ2v) is 5.71. The number of amides is 1. The minimum absolute atomic E-state index is 0.00274. The van der Waals surface area contributed by atoms with Crippen molar-refractivity contribution in [2.75, 3.05) is 6.54 Å². The van der Waals surface area contributed by atoms with Gasteiger partial charge in [0.25, 0.3) is 5.91 Å². The maximum Gasteiger partial charge on any atom is 0.303 e. The van der Waals surface area contributed by atoms with Gasteiger partial charge in [0.2, 0.25) is 0 Å². The van der Waals surface area contributed by atoms with E-state index in [9.17, 15) is 14.0 Å². The summed E-state index contributed by atoms with van der Waals surface area (Å²) in [6, 6.07) is 4.56. The number of rotatable bonds is 8. The zero-order valence-electron chi connectivity index (χ0n) is 11.9. The normalized spacial score (nSPS) is 12.0. The molecule has 2 N–H and O–H groups in total. The van der Waals surface area contributed by atoms with E-state index in [-0.39, 0.29) is 22.4 Å². The highest BCUT2D eigenvalue weighted by molar-refractivity contribution is 9.10. The molecule has 0 aromatic heterocycles. The number of carboxylic acids is 1. The Morgan fingerprint density at radius 2 is 2.10 bits per heavy atom. The molecule has 0 aliphatic heterocycles. The van der Waals surface area contributed by atoms with E-state index in [1.807, 2.05) is 6.92 Å². The fourth-order valence-corrected chi connectivity index (χ4v) is 2.41. The number of nitrogens with one attached hydrogen (secondary N) is 1. The zero-order valence-corrected chi connectivity index (χ0v) is 13.5. The third kappa shape index (κ3) is 5.83. The highest BCUT2D eigenvalue weighted by Crippen LogP contribution is 2.19. The second-order valence-electron chi connectivity index (χ2n) is 4.85. The number of hydrogen-bond donors (Lipinski definition) is 2. The molecule has 6 heteroatoms. The van der Waals surface area contributed by atoms with E-state index in [4.69, 9.17) is 5.11 Å². The number of carbonyl (C=O) groups is 2. The van der Waals surface area contributed by atoms with E-state index >= 15 is 0 Å². The average Bonchev–Trinajstić information content (AvgIpc) is 2.45. The second kappa shape index (κ2) is 8.77. The van der Waals surface area contributed by atoms with Crippen LogP contribution >= 0.6 is 15.9 Å². The van der Waals surface area contributed by atoms with Gasteiger partial charge < -0.3 is 10.4 Å². The van der Waals surface area contributed by atoms with Crippen LogP contribution in [0.4, 0.5) is 4.39 Å². The van der Waals surface area contributed by atoms with Gasteiger partial charge in [0.05, 0.1) is 10.0 Å². The predicted molar refractivity (Wildman–Crippen MR) is 81.7 cm³/mol. The van der Waals surface area contributed by atoms with Gasteiger partial charge >= 0.3 is 5.97 Å². The van der Waals surface area contributed by atoms with Crippen molar-refractivity contribution >= 4 is 27.8 Å². The molecule has 0 saturated carbocycles. The Kier molecular flexibility index (Phi) is 7.36. The third-order valence-corrected chi connectivity index (χ3v) is 3.99. The lowest BCUT2D eigenvalue weighted by Crippen LogP contribution is -2.27. The lowest BCUT2D eigenvalue weighted by molar-refractivity contribution is -0.137. The first-order valence-corrected chi connectivity index (χ1v) is 7.69. The number of aliphatic carboxylic acids is 1. The van der Waals surface area contributed by atoms with Crippen molar-refractivity contribution in [3.8, 4) is 0 Å². The minimum atomic E-state index is -0.811. The van der Waals surface area contributed by atoms with Gasteiger partial charge in [-0.15, -0.1) is 0 Å². The predicted octanol–water partition coefficient (Wildman–Crippen LogP) is 3.60. The molecule has 1 aromatic rings. The number of benzene rings is 1. The molecule has 0 heterocycles. The topological polar surface area (TPSA) is 66.4 Å². The summed E-state index contributed by atoms with van der Waals surface area (Å²) in [6.45, 7) is 2.39. The first kappa shape index (κ1) is 17.6. The molecule has 1 aromatic carbocycles. The lowest BCUT2D eigenvalue weighted by atomic mass is 9.96. The van der Waals surface area contributed by atoms with Crippen LogP contribution in [0.15, 0.2) is 22.7 Å². The van der Waals surface area contributed by atoms with Crippen LogP contribution in [0.25, 0.3) is 0 Å². The molecule has 0 fully saturated rings. The Morgan fingerprint density at radius 3 is 2.71 bits per heavy atom.